The number of hydrogen-bond donors (Lipinski definition) is 2. The zero-order chi connectivity index (χ0) is 22.6. The van der Waals surface area contributed by atoms with Gasteiger partial charge < -0.3 is 22.3 Å². The summed E-state index contributed by atoms with van der Waals surface area (Å²) in [6, 6.07) is 8.62. The van der Waals surface area contributed by atoms with Crippen LogP contribution >= 0.6 is 0 Å². The van der Waals surface area contributed by atoms with E-state index in [0.29, 0.717) is 17.7 Å². The first kappa shape index (κ1) is 25.4. The molecule has 0 atom stereocenters. The average Bonchev–Trinajstić information content (AvgIpc) is 3.23. The van der Waals surface area contributed by atoms with Gasteiger partial charge in [-0.25, -0.2) is 13.4 Å². The van der Waals surface area contributed by atoms with Crippen molar-refractivity contribution in [2.24, 2.45) is 0 Å². The fraction of sp³-hybridized carbons (Fsp3) is 0.304. The number of carbonyl (C=O) groups excluding carboxylic acids is 1. The number of amides is 1. The second kappa shape index (κ2) is 10.7. The number of anilines is 1. The molecule has 1 heterocycles. The molecular formula is C23H28ClN4O3S-. The van der Waals surface area contributed by atoms with Crippen LogP contribution in [0, 0.1) is 27.7 Å². The number of para-hydroxylation sites is 1. The Morgan fingerprint density at radius 3 is 2.34 bits per heavy atom. The van der Waals surface area contributed by atoms with Gasteiger partial charge in [-0.15, -0.1) is 0 Å². The van der Waals surface area contributed by atoms with Gasteiger partial charge in [-0.2, -0.15) is 0 Å². The summed E-state index contributed by atoms with van der Waals surface area (Å²) in [7, 11) is -3.87. The lowest BCUT2D eigenvalue weighted by Gasteiger charge is -2.18. The van der Waals surface area contributed by atoms with Gasteiger partial charge in [0.15, 0.2) is 0 Å². The molecule has 0 saturated heterocycles. The highest BCUT2D eigenvalue weighted by Gasteiger charge is 2.24. The van der Waals surface area contributed by atoms with Crippen molar-refractivity contribution in [3.63, 3.8) is 0 Å². The number of rotatable bonds is 8. The highest BCUT2D eigenvalue weighted by Crippen LogP contribution is 2.28. The third kappa shape index (κ3) is 5.69. The molecule has 0 bridgehead atoms. The summed E-state index contributed by atoms with van der Waals surface area (Å²) < 4.78 is 31.1. The molecule has 3 rings (SSSR count). The molecule has 2 aromatic carbocycles. The van der Waals surface area contributed by atoms with Crippen LogP contribution in [0.1, 0.15) is 39.0 Å². The van der Waals surface area contributed by atoms with Crippen molar-refractivity contribution in [1.82, 2.24) is 14.9 Å². The molecule has 0 radical (unpaired) electrons. The third-order valence-corrected chi connectivity index (χ3v) is 7.06. The SMILES string of the molecule is Cc1cc(C)c(C)c(S(=O)(=O)Nc2ccccc2C(=O)NCCCn2ccnc2)c1C.[Cl-]. The summed E-state index contributed by atoms with van der Waals surface area (Å²) in [5.41, 5.74) is 3.77. The summed E-state index contributed by atoms with van der Waals surface area (Å²) in [6.45, 7) is 8.59. The summed E-state index contributed by atoms with van der Waals surface area (Å²) in [5.74, 6) is -0.321. The zero-order valence-corrected chi connectivity index (χ0v) is 20.2. The molecule has 0 fully saturated rings. The molecule has 2 N–H and O–H groups in total. The number of halogens is 1. The second-order valence-electron chi connectivity index (χ2n) is 7.65. The summed E-state index contributed by atoms with van der Waals surface area (Å²) in [4.78, 5) is 17.0. The van der Waals surface area contributed by atoms with Crippen LogP contribution in [0.5, 0.6) is 0 Å². The van der Waals surface area contributed by atoms with E-state index in [-0.39, 0.29) is 34.5 Å². The number of imidazole rings is 1. The van der Waals surface area contributed by atoms with Gasteiger partial charge in [0.1, 0.15) is 0 Å². The predicted molar refractivity (Wildman–Crippen MR) is 122 cm³/mol. The Bertz CT molecular complexity index is 1170. The van der Waals surface area contributed by atoms with Crippen molar-refractivity contribution >= 4 is 21.6 Å². The Hall–Kier alpha value is -2.84. The molecule has 0 aliphatic heterocycles. The average molecular weight is 476 g/mol. The number of hydrogen-bond acceptors (Lipinski definition) is 4. The van der Waals surface area contributed by atoms with Crippen molar-refractivity contribution in [2.75, 3.05) is 11.3 Å². The van der Waals surface area contributed by atoms with Crippen molar-refractivity contribution in [2.45, 2.75) is 45.6 Å². The standard InChI is InChI=1S/C23H28N4O3S.ClH/c1-16-14-17(2)19(4)22(18(16)3)31(29,30)26-21-9-6-5-8-20(21)23(28)25-10-7-12-27-13-11-24-15-27;/h5-6,8-9,11,13-15,26H,7,10,12H2,1-4H3,(H,25,28);1H/p-1. The number of sulfonamides is 1. The largest absolute Gasteiger partial charge is 1.00 e. The van der Waals surface area contributed by atoms with E-state index < -0.39 is 10.0 Å². The molecule has 9 heteroatoms. The normalized spacial score (nSPS) is 11.0. The minimum absolute atomic E-state index is 0. The molecule has 7 nitrogen and oxygen atoms in total. The molecule has 172 valence electrons. The van der Waals surface area contributed by atoms with Gasteiger partial charge in [0, 0.05) is 25.5 Å². The van der Waals surface area contributed by atoms with Crippen LogP contribution < -0.4 is 22.4 Å². The first-order valence-electron chi connectivity index (χ1n) is 10.1. The van der Waals surface area contributed by atoms with Crippen LogP contribution in [0.15, 0.2) is 53.9 Å². The van der Waals surface area contributed by atoms with Gasteiger partial charge >= 0.3 is 0 Å². The van der Waals surface area contributed by atoms with Crippen LogP contribution in [0.2, 0.25) is 0 Å². The van der Waals surface area contributed by atoms with Crippen molar-refractivity contribution in [1.29, 1.82) is 0 Å². The van der Waals surface area contributed by atoms with E-state index in [1.165, 1.54) is 0 Å². The zero-order valence-electron chi connectivity index (χ0n) is 18.6. The Morgan fingerprint density at radius 1 is 1.06 bits per heavy atom. The lowest BCUT2D eigenvalue weighted by molar-refractivity contribution is -0.0000175. The summed E-state index contributed by atoms with van der Waals surface area (Å²) >= 11 is 0. The van der Waals surface area contributed by atoms with Crippen molar-refractivity contribution in [3.05, 3.63) is 76.9 Å². The second-order valence-corrected chi connectivity index (χ2v) is 9.27. The third-order valence-electron chi connectivity index (χ3n) is 5.42. The van der Waals surface area contributed by atoms with Gasteiger partial charge in [0.25, 0.3) is 15.9 Å². The number of benzene rings is 2. The molecule has 1 amide bonds. The maximum atomic E-state index is 13.3. The quantitative estimate of drug-likeness (QED) is 0.470. The number of carbonyl (C=O) groups is 1. The van der Waals surface area contributed by atoms with Crippen LogP contribution in [-0.2, 0) is 16.6 Å². The minimum Gasteiger partial charge on any atom is -1.00 e. The predicted octanol–water partition coefficient (Wildman–Crippen LogP) is 0.742. The van der Waals surface area contributed by atoms with Gasteiger partial charge in [0.05, 0.1) is 22.5 Å². The van der Waals surface area contributed by atoms with E-state index in [1.54, 1.807) is 50.6 Å². The molecule has 32 heavy (non-hydrogen) atoms. The first-order chi connectivity index (χ1) is 14.7. The number of aryl methyl sites for hydroxylation is 3. The van der Waals surface area contributed by atoms with Gasteiger partial charge in [-0.3, -0.25) is 9.52 Å². The molecule has 0 unspecified atom stereocenters. The fourth-order valence-electron chi connectivity index (χ4n) is 3.53. The van der Waals surface area contributed by atoms with E-state index in [4.69, 9.17) is 0 Å². The number of nitrogens with zero attached hydrogens (tertiary/aromatic N) is 2. The lowest BCUT2D eigenvalue weighted by Crippen LogP contribution is -3.00. The Morgan fingerprint density at radius 2 is 1.72 bits per heavy atom. The molecule has 0 saturated carbocycles. The molecule has 3 aromatic rings. The summed E-state index contributed by atoms with van der Waals surface area (Å²) in [5, 5.41) is 2.86. The maximum absolute atomic E-state index is 13.3. The molecule has 0 spiro atoms. The van der Waals surface area contributed by atoms with Gasteiger partial charge in [0.2, 0.25) is 0 Å². The highest BCUT2D eigenvalue weighted by molar-refractivity contribution is 7.92. The van der Waals surface area contributed by atoms with E-state index >= 15 is 0 Å². The Labute approximate surface area is 195 Å². The minimum atomic E-state index is -3.87. The van der Waals surface area contributed by atoms with Crippen LogP contribution in [-0.4, -0.2) is 30.4 Å². The van der Waals surface area contributed by atoms with Gasteiger partial charge in [-0.1, -0.05) is 18.2 Å². The smallest absolute Gasteiger partial charge is 0.262 e. The van der Waals surface area contributed by atoms with Crippen molar-refractivity contribution in [3.8, 4) is 0 Å². The first-order valence-corrected chi connectivity index (χ1v) is 11.6. The monoisotopic (exact) mass is 475 g/mol. The Kier molecular flexibility index (Phi) is 8.46. The number of nitrogens with one attached hydrogen (secondary N) is 2. The summed E-state index contributed by atoms with van der Waals surface area (Å²) in [6.07, 6.45) is 6.03. The molecule has 0 aliphatic carbocycles. The molecule has 0 aliphatic rings. The Balaban J connectivity index is 0.00000363. The molecule has 1 aromatic heterocycles. The van der Waals surface area contributed by atoms with Crippen LogP contribution in [0.25, 0.3) is 0 Å². The molecular weight excluding hydrogens is 448 g/mol. The maximum Gasteiger partial charge on any atom is 0.262 e. The van der Waals surface area contributed by atoms with E-state index in [0.717, 1.165) is 24.1 Å². The van der Waals surface area contributed by atoms with Crippen molar-refractivity contribution < 1.29 is 25.6 Å². The fourth-order valence-corrected chi connectivity index (χ4v) is 5.23. The van der Waals surface area contributed by atoms with Crippen LogP contribution in [0.4, 0.5) is 5.69 Å². The van der Waals surface area contributed by atoms with E-state index in [9.17, 15) is 13.2 Å². The van der Waals surface area contributed by atoms with Crippen LogP contribution in [0.3, 0.4) is 0 Å². The topological polar surface area (TPSA) is 93.1 Å². The lowest BCUT2D eigenvalue weighted by atomic mass is 10.0. The highest BCUT2D eigenvalue weighted by atomic mass is 35.5. The number of aromatic nitrogens is 2. The van der Waals surface area contributed by atoms with E-state index in [2.05, 4.69) is 15.0 Å². The van der Waals surface area contributed by atoms with Gasteiger partial charge in [-0.05, 0) is 68.5 Å². The van der Waals surface area contributed by atoms with E-state index in [1.807, 2.05) is 30.7 Å².